The van der Waals surface area contributed by atoms with Crippen LogP contribution in [0.2, 0.25) is 0 Å². The van der Waals surface area contributed by atoms with E-state index < -0.39 is 0 Å². The largest absolute Gasteiger partial charge is 0.348 e. The predicted octanol–water partition coefficient (Wildman–Crippen LogP) is 1.76. The standard InChI is InChI=1S/C11H9N3OS/c1-6-13-11(16-14-6)7-2-3-9-8(4-7)5-12-10(9)15/h2-4H,5H2,1H3,(H,12,15). The van der Waals surface area contributed by atoms with Gasteiger partial charge in [0.2, 0.25) is 0 Å². The lowest BCUT2D eigenvalue weighted by atomic mass is 10.1. The van der Waals surface area contributed by atoms with E-state index in [9.17, 15) is 4.79 Å². The third-order valence-corrected chi connectivity index (χ3v) is 3.42. The van der Waals surface area contributed by atoms with Gasteiger partial charge in [-0.25, -0.2) is 4.98 Å². The molecule has 1 amide bonds. The van der Waals surface area contributed by atoms with Gasteiger partial charge in [-0.1, -0.05) is 6.07 Å². The third-order valence-electron chi connectivity index (χ3n) is 2.56. The number of hydrogen-bond donors (Lipinski definition) is 1. The highest BCUT2D eigenvalue weighted by Crippen LogP contribution is 2.26. The summed E-state index contributed by atoms with van der Waals surface area (Å²) >= 11 is 1.38. The van der Waals surface area contributed by atoms with E-state index in [1.807, 2.05) is 25.1 Å². The number of fused-ring (bicyclic) bond motifs is 1. The third kappa shape index (κ3) is 1.40. The van der Waals surface area contributed by atoms with E-state index in [4.69, 9.17) is 0 Å². The molecule has 0 saturated heterocycles. The highest BCUT2D eigenvalue weighted by molar-refractivity contribution is 7.09. The molecule has 4 nitrogen and oxygen atoms in total. The lowest BCUT2D eigenvalue weighted by Crippen LogP contribution is -2.12. The fourth-order valence-electron chi connectivity index (χ4n) is 1.78. The van der Waals surface area contributed by atoms with Crippen LogP contribution in [0.4, 0.5) is 0 Å². The molecule has 0 spiro atoms. The van der Waals surface area contributed by atoms with E-state index in [-0.39, 0.29) is 5.91 Å². The fraction of sp³-hybridized carbons (Fsp3) is 0.182. The van der Waals surface area contributed by atoms with E-state index in [0.29, 0.717) is 6.54 Å². The van der Waals surface area contributed by atoms with Crippen LogP contribution in [0, 0.1) is 6.92 Å². The number of carbonyl (C=O) groups is 1. The molecule has 1 aliphatic rings. The number of rotatable bonds is 1. The number of nitrogens with zero attached hydrogens (tertiary/aromatic N) is 2. The Bertz CT molecular complexity index is 576. The molecule has 5 heteroatoms. The van der Waals surface area contributed by atoms with Crippen molar-refractivity contribution in [2.75, 3.05) is 0 Å². The molecule has 2 aromatic rings. The summed E-state index contributed by atoms with van der Waals surface area (Å²) in [7, 11) is 0. The van der Waals surface area contributed by atoms with Gasteiger partial charge in [0.05, 0.1) is 0 Å². The average Bonchev–Trinajstić information content (AvgIpc) is 2.86. The van der Waals surface area contributed by atoms with Gasteiger partial charge >= 0.3 is 0 Å². The quantitative estimate of drug-likeness (QED) is 0.813. The molecule has 0 saturated carbocycles. The van der Waals surface area contributed by atoms with Crippen LogP contribution in [-0.2, 0) is 6.54 Å². The first-order valence-corrected chi connectivity index (χ1v) is 5.73. The minimum atomic E-state index is 0.00925. The second kappa shape index (κ2) is 3.38. The van der Waals surface area contributed by atoms with Gasteiger partial charge in [0.15, 0.2) is 0 Å². The number of aromatic nitrogens is 2. The van der Waals surface area contributed by atoms with Gasteiger partial charge in [-0.05, 0) is 36.2 Å². The van der Waals surface area contributed by atoms with Crippen molar-refractivity contribution in [3.63, 3.8) is 0 Å². The topological polar surface area (TPSA) is 54.9 Å². The van der Waals surface area contributed by atoms with Crippen LogP contribution in [0.3, 0.4) is 0 Å². The Morgan fingerprint density at radius 1 is 1.44 bits per heavy atom. The number of benzene rings is 1. The maximum absolute atomic E-state index is 11.4. The van der Waals surface area contributed by atoms with E-state index in [1.54, 1.807) is 0 Å². The van der Waals surface area contributed by atoms with Crippen LogP contribution in [0.5, 0.6) is 0 Å². The lowest BCUT2D eigenvalue weighted by molar-refractivity contribution is 0.0966. The number of aryl methyl sites for hydroxylation is 1. The summed E-state index contributed by atoms with van der Waals surface area (Å²) < 4.78 is 4.15. The lowest BCUT2D eigenvalue weighted by Gasteiger charge is -1.98. The van der Waals surface area contributed by atoms with Crippen LogP contribution in [-0.4, -0.2) is 15.3 Å². The molecule has 16 heavy (non-hydrogen) atoms. The Balaban J connectivity index is 2.08. The summed E-state index contributed by atoms with van der Waals surface area (Å²) in [5.41, 5.74) is 2.83. The molecular weight excluding hydrogens is 222 g/mol. The van der Waals surface area contributed by atoms with E-state index in [2.05, 4.69) is 14.7 Å². The van der Waals surface area contributed by atoms with Crippen LogP contribution in [0.15, 0.2) is 18.2 Å². The van der Waals surface area contributed by atoms with Crippen molar-refractivity contribution < 1.29 is 4.79 Å². The maximum Gasteiger partial charge on any atom is 0.251 e. The molecule has 0 atom stereocenters. The van der Waals surface area contributed by atoms with Crippen molar-refractivity contribution in [1.29, 1.82) is 0 Å². The molecule has 1 aromatic carbocycles. The van der Waals surface area contributed by atoms with Crippen molar-refractivity contribution in [2.45, 2.75) is 13.5 Å². The summed E-state index contributed by atoms with van der Waals surface area (Å²) in [6, 6.07) is 5.78. The summed E-state index contributed by atoms with van der Waals surface area (Å²) in [6.07, 6.45) is 0. The average molecular weight is 231 g/mol. The van der Waals surface area contributed by atoms with Gasteiger partial charge < -0.3 is 5.32 Å². The van der Waals surface area contributed by atoms with Crippen molar-refractivity contribution in [2.24, 2.45) is 0 Å². The van der Waals surface area contributed by atoms with E-state index >= 15 is 0 Å². The minimum Gasteiger partial charge on any atom is -0.348 e. The van der Waals surface area contributed by atoms with Gasteiger partial charge in [-0.2, -0.15) is 4.37 Å². The highest BCUT2D eigenvalue weighted by atomic mass is 32.1. The number of amides is 1. The highest BCUT2D eigenvalue weighted by Gasteiger charge is 2.19. The molecule has 1 aliphatic heterocycles. The van der Waals surface area contributed by atoms with Crippen molar-refractivity contribution in [3.05, 3.63) is 35.2 Å². The van der Waals surface area contributed by atoms with E-state index in [0.717, 1.165) is 27.5 Å². The first-order valence-electron chi connectivity index (χ1n) is 4.96. The second-order valence-electron chi connectivity index (χ2n) is 3.70. The summed E-state index contributed by atoms with van der Waals surface area (Å²) in [6.45, 7) is 2.48. The zero-order chi connectivity index (χ0) is 11.1. The van der Waals surface area contributed by atoms with Gasteiger partial charge in [0.25, 0.3) is 5.91 Å². The number of nitrogens with one attached hydrogen (secondary N) is 1. The van der Waals surface area contributed by atoms with Crippen molar-refractivity contribution >= 4 is 17.4 Å². The Labute approximate surface area is 96.5 Å². The number of carbonyl (C=O) groups excluding carboxylic acids is 1. The zero-order valence-electron chi connectivity index (χ0n) is 8.65. The van der Waals surface area contributed by atoms with E-state index in [1.165, 1.54) is 11.5 Å². The first kappa shape index (κ1) is 9.47. The SMILES string of the molecule is Cc1nsc(-c2ccc3c(c2)CNC3=O)n1. The molecule has 0 unspecified atom stereocenters. The molecule has 3 rings (SSSR count). The summed E-state index contributed by atoms with van der Waals surface area (Å²) in [5, 5.41) is 3.70. The normalized spacial score (nSPS) is 13.7. The zero-order valence-corrected chi connectivity index (χ0v) is 9.47. The predicted molar refractivity (Wildman–Crippen MR) is 61.3 cm³/mol. The Morgan fingerprint density at radius 3 is 3.06 bits per heavy atom. The molecule has 0 aliphatic carbocycles. The summed E-state index contributed by atoms with van der Waals surface area (Å²) in [4.78, 5) is 15.7. The molecule has 2 heterocycles. The van der Waals surface area contributed by atoms with Crippen molar-refractivity contribution in [1.82, 2.24) is 14.7 Å². The monoisotopic (exact) mass is 231 g/mol. The van der Waals surface area contributed by atoms with Gasteiger partial charge in [0.1, 0.15) is 10.8 Å². The maximum atomic E-state index is 11.4. The Kier molecular flexibility index (Phi) is 2.00. The molecule has 0 fully saturated rings. The molecule has 0 bridgehead atoms. The fourth-order valence-corrected chi connectivity index (χ4v) is 2.44. The van der Waals surface area contributed by atoms with Crippen molar-refractivity contribution in [3.8, 4) is 10.6 Å². The smallest absolute Gasteiger partial charge is 0.251 e. The van der Waals surface area contributed by atoms with Crippen LogP contribution >= 0.6 is 11.5 Å². The second-order valence-corrected chi connectivity index (χ2v) is 4.45. The number of hydrogen-bond acceptors (Lipinski definition) is 4. The van der Waals surface area contributed by atoms with Crippen LogP contribution < -0.4 is 5.32 Å². The molecule has 80 valence electrons. The first-order chi connectivity index (χ1) is 7.74. The summed E-state index contributed by atoms with van der Waals surface area (Å²) in [5.74, 6) is 0.796. The molecule has 0 radical (unpaired) electrons. The van der Waals surface area contributed by atoms with Gasteiger partial charge in [-0.15, -0.1) is 0 Å². The molecular formula is C11H9N3OS. The molecule has 1 aromatic heterocycles. The van der Waals surface area contributed by atoms with Gasteiger partial charge in [0, 0.05) is 17.7 Å². The molecule has 1 N–H and O–H groups in total. The Morgan fingerprint density at radius 2 is 2.31 bits per heavy atom. The Hall–Kier alpha value is -1.75. The van der Waals surface area contributed by atoms with Crippen LogP contribution in [0.1, 0.15) is 21.7 Å². The van der Waals surface area contributed by atoms with Crippen LogP contribution in [0.25, 0.3) is 10.6 Å². The minimum absolute atomic E-state index is 0.00925. The van der Waals surface area contributed by atoms with Gasteiger partial charge in [-0.3, -0.25) is 4.79 Å².